The lowest BCUT2D eigenvalue weighted by Gasteiger charge is -2.10. The predicted molar refractivity (Wildman–Crippen MR) is 80.6 cm³/mol. The van der Waals surface area contributed by atoms with E-state index < -0.39 is 16.0 Å². The number of carboxylic acid groups (broad SMARTS) is 1. The molecule has 6 nitrogen and oxygen atoms in total. The summed E-state index contributed by atoms with van der Waals surface area (Å²) in [5.41, 5.74) is 0.746. The summed E-state index contributed by atoms with van der Waals surface area (Å²) >= 11 is 1.38. The Balaban J connectivity index is 1.85. The number of aliphatic carboxylic acids is 1. The maximum absolute atomic E-state index is 11.9. The number of hydrogen-bond acceptors (Lipinski definition) is 5. The van der Waals surface area contributed by atoms with Crippen molar-refractivity contribution >= 4 is 33.4 Å². The number of carboxylic acids is 1. The summed E-state index contributed by atoms with van der Waals surface area (Å²) in [7, 11) is -3.36. The topological polar surface area (TPSA) is 92.7 Å². The van der Waals surface area contributed by atoms with E-state index in [1.165, 1.54) is 17.4 Å². The molecule has 0 saturated carbocycles. The second-order valence-electron chi connectivity index (χ2n) is 4.76. The molecule has 2 N–H and O–H groups in total. The number of ether oxygens (including phenoxy) is 1. The van der Waals surface area contributed by atoms with E-state index >= 15 is 0 Å². The van der Waals surface area contributed by atoms with Crippen LogP contribution in [0.4, 0.5) is 0 Å². The van der Waals surface area contributed by atoms with Gasteiger partial charge in [-0.15, -0.1) is 11.3 Å². The second kappa shape index (κ2) is 7.17. The molecule has 0 aromatic carbocycles. The molecule has 1 aromatic heterocycles. The highest BCUT2D eigenvalue weighted by Gasteiger charge is 2.23. The summed E-state index contributed by atoms with van der Waals surface area (Å²) < 4.78 is 31.7. The van der Waals surface area contributed by atoms with Gasteiger partial charge in [-0.1, -0.05) is 0 Å². The Morgan fingerprint density at radius 1 is 1.57 bits per heavy atom. The maximum Gasteiger partial charge on any atom is 0.328 e. The van der Waals surface area contributed by atoms with Crippen molar-refractivity contribution in [3.8, 4) is 0 Å². The fourth-order valence-electron chi connectivity index (χ4n) is 2.01. The molecule has 8 heteroatoms. The summed E-state index contributed by atoms with van der Waals surface area (Å²) in [6, 6.07) is 1.76. The first-order chi connectivity index (χ1) is 9.94. The van der Waals surface area contributed by atoms with E-state index in [1.807, 2.05) is 0 Å². The molecule has 1 aliphatic heterocycles. The van der Waals surface area contributed by atoms with Gasteiger partial charge in [-0.05, 0) is 35.9 Å². The lowest BCUT2D eigenvalue weighted by atomic mass is 10.3. The van der Waals surface area contributed by atoms with E-state index in [4.69, 9.17) is 9.84 Å². The van der Waals surface area contributed by atoms with E-state index in [1.54, 1.807) is 11.4 Å². The second-order valence-corrected chi connectivity index (χ2v) is 7.60. The molecule has 0 spiro atoms. The van der Waals surface area contributed by atoms with Crippen LogP contribution in [-0.2, 0) is 26.1 Å². The number of carbonyl (C=O) groups is 1. The van der Waals surface area contributed by atoms with Gasteiger partial charge in [-0.25, -0.2) is 17.9 Å². The van der Waals surface area contributed by atoms with Crippen molar-refractivity contribution in [1.82, 2.24) is 4.72 Å². The molecule has 1 aliphatic rings. The third kappa shape index (κ3) is 5.58. The third-order valence-electron chi connectivity index (χ3n) is 2.99. The van der Waals surface area contributed by atoms with Crippen molar-refractivity contribution < 1.29 is 23.1 Å². The zero-order valence-corrected chi connectivity index (χ0v) is 13.0. The normalized spacial score (nSPS) is 19.3. The van der Waals surface area contributed by atoms with Crippen molar-refractivity contribution in [3.05, 3.63) is 28.0 Å². The molecule has 0 aliphatic carbocycles. The number of rotatable bonds is 7. The molecule has 2 rings (SSSR count). The summed E-state index contributed by atoms with van der Waals surface area (Å²) in [4.78, 5) is 11.2. The zero-order chi connectivity index (χ0) is 15.3. The van der Waals surface area contributed by atoms with Gasteiger partial charge in [0.15, 0.2) is 0 Å². The number of hydrogen-bond donors (Lipinski definition) is 2. The highest BCUT2D eigenvalue weighted by atomic mass is 32.2. The van der Waals surface area contributed by atoms with Crippen LogP contribution in [0.5, 0.6) is 0 Å². The van der Waals surface area contributed by atoms with Gasteiger partial charge in [-0.3, -0.25) is 0 Å². The monoisotopic (exact) mass is 331 g/mol. The minimum absolute atomic E-state index is 0.00977. The predicted octanol–water partition coefficient (Wildman–Crippen LogP) is 1.44. The Morgan fingerprint density at radius 3 is 3.05 bits per heavy atom. The van der Waals surface area contributed by atoms with Crippen LogP contribution in [-0.4, -0.2) is 38.0 Å². The van der Waals surface area contributed by atoms with Gasteiger partial charge < -0.3 is 9.84 Å². The molecule has 0 radical (unpaired) electrons. The fourth-order valence-corrected chi connectivity index (χ4v) is 4.14. The summed E-state index contributed by atoms with van der Waals surface area (Å²) in [5, 5.41) is 10.3. The minimum Gasteiger partial charge on any atom is -0.478 e. The molecule has 1 unspecified atom stereocenters. The van der Waals surface area contributed by atoms with Gasteiger partial charge in [0.2, 0.25) is 10.0 Å². The van der Waals surface area contributed by atoms with Gasteiger partial charge in [0.05, 0.1) is 11.9 Å². The van der Waals surface area contributed by atoms with Gasteiger partial charge in [0.25, 0.3) is 0 Å². The Labute approximate surface area is 127 Å². The first kappa shape index (κ1) is 16.2. The molecular weight excluding hydrogens is 314 g/mol. The lowest BCUT2D eigenvalue weighted by Crippen LogP contribution is -2.31. The molecule has 1 saturated heterocycles. The quantitative estimate of drug-likeness (QED) is 0.738. The van der Waals surface area contributed by atoms with Crippen molar-refractivity contribution in [2.24, 2.45) is 0 Å². The molecular formula is C13H17NO5S2. The van der Waals surface area contributed by atoms with Gasteiger partial charge in [-0.2, -0.15) is 0 Å². The molecule has 1 atom stereocenters. The third-order valence-corrected chi connectivity index (χ3v) is 5.34. The molecule has 0 amide bonds. The summed E-state index contributed by atoms with van der Waals surface area (Å²) in [6.07, 6.45) is 4.00. The number of nitrogens with one attached hydrogen (secondary N) is 1. The Bertz CT molecular complexity index is 614. The SMILES string of the molecule is O=C(O)C=Cc1csc(CNS(=O)(=O)CC2CCCO2)c1. The molecule has 2 heterocycles. The molecule has 1 aromatic rings. The Kier molecular flexibility index (Phi) is 5.51. The molecule has 1 fully saturated rings. The zero-order valence-electron chi connectivity index (χ0n) is 11.3. The first-order valence-electron chi connectivity index (χ1n) is 6.52. The van der Waals surface area contributed by atoms with E-state index in [0.29, 0.717) is 6.61 Å². The lowest BCUT2D eigenvalue weighted by molar-refractivity contribution is -0.131. The van der Waals surface area contributed by atoms with Gasteiger partial charge in [0.1, 0.15) is 0 Å². The Hall–Kier alpha value is -1.22. The number of thiophene rings is 1. The van der Waals surface area contributed by atoms with Crippen LogP contribution in [0.2, 0.25) is 0 Å². The average Bonchev–Trinajstić information content (AvgIpc) is 3.05. The van der Waals surface area contributed by atoms with Crippen LogP contribution in [0.1, 0.15) is 23.3 Å². The van der Waals surface area contributed by atoms with Crippen molar-refractivity contribution in [2.45, 2.75) is 25.5 Å². The fraction of sp³-hybridized carbons (Fsp3) is 0.462. The van der Waals surface area contributed by atoms with Crippen LogP contribution in [0.25, 0.3) is 6.08 Å². The molecule has 116 valence electrons. The smallest absolute Gasteiger partial charge is 0.328 e. The molecule has 21 heavy (non-hydrogen) atoms. The Morgan fingerprint density at radius 2 is 2.38 bits per heavy atom. The van der Waals surface area contributed by atoms with Crippen molar-refractivity contribution in [3.63, 3.8) is 0 Å². The van der Waals surface area contributed by atoms with E-state index in [2.05, 4.69) is 4.72 Å². The van der Waals surface area contributed by atoms with Crippen LogP contribution < -0.4 is 4.72 Å². The standard InChI is InChI=1S/C13H17NO5S2/c15-13(16)4-3-10-6-12(20-8-10)7-14-21(17,18)9-11-2-1-5-19-11/h3-4,6,8,11,14H,1-2,5,7,9H2,(H,15,16). The van der Waals surface area contributed by atoms with E-state index in [9.17, 15) is 13.2 Å². The van der Waals surface area contributed by atoms with E-state index in [-0.39, 0.29) is 18.4 Å². The van der Waals surface area contributed by atoms with Crippen LogP contribution in [0.3, 0.4) is 0 Å². The minimum atomic E-state index is -3.36. The first-order valence-corrected chi connectivity index (χ1v) is 9.05. The summed E-state index contributed by atoms with van der Waals surface area (Å²) in [6.45, 7) is 0.838. The van der Waals surface area contributed by atoms with Crippen LogP contribution in [0.15, 0.2) is 17.5 Å². The maximum atomic E-state index is 11.9. The van der Waals surface area contributed by atoms with Crippen LogP contribution >= 0.6 is 11.3 Å². The average molecular weight is 331 g/mol. The summed E-state index contributed by atoms with van der Waals surface area (Å²) in [5.74, 6) is -1.02. The van der Waals surface area contributed by atoms with Crippen LogP contribution in [0, 0.1) is 0 Å². The van der Waals surface area contributed by atoms with Crippen molar-refractivity contribution in [1.29, 1.82) is 0 Å². The molecule has 0 bridgehead atoms. The van der Waals surface area contributed by atoms with Gasteiger partial charge in [0, 0.05) is 24.1 Å². The van der Waals surface area contributed by atoms with Crippen molar-refractivity contribution in [2.75, 3.05) is 12.4 Å². The van der Waals surface area contributed by atoms with E-state index in [0.717, 1.165) is 29.4 Å². The number of sulfonamides is 1. The largest absolute Gasteiger partial charge is 0.478 e. The highest BCUT2D eigenvalue weighted by molar-refractivity contribution is 7.89. The van der Waals surface area contributed by atoms with Gasteiger partial charge >= 0.3 is 5.97 Å². The highest BCUT2D eigenvalue weighted by Crippen LogP contribution is 2.17.